The molecule has 0 aromatic rings. The van der Waals surface area contributed by atoms with E-state index in [-0.39, 0.29) is 50.5 Å². The van der Waals surface area contributed by atoms with Crippen LogP contribution in [0.2, 0.25) is 0 Å². The number of ether oxygens (including phenoxy) is 3. The molecule has 120 valence electrons. The fourth-order valence-electron chi connectivity index (χ4n) is 1.28. The van der Waals surface area contributed by atoms with Crippen molar-refractivity contribution in [3.63, 3.8) is 0 Å². The quantitative estimate of drug-likeness (QED) is 0.251. The summed E-state index contributed by atoms with van der Waals surface area (Å²) in [5.41, 5.74) is 0. The van der Waals surface area contributed by atoms with E-state index in [1.807, 2.05) is 6.92 Å². The topological polar surface area (TPSA) is 78.9 Å². The zero-order valence-corrected chi connectivity index (χ0v) is 12.8. The molecule has 0 aliphatic heterocycles. The normalized spacial score (nSPS) is 11.3. The fraction of sp³-hybridized carbons (Fsp3) is 0.667. The van der Waals surface area contributed by atoms with Gasteiger partial charge in [-0.05, 0) is 12.8 Å². The van der Waals surface area contributed by atoms with Crippen molar-refractivity contribution in [1.82, 2.24) is 0 Å². The van der Waals surface area contributed by atoms with Crippen LogP contribution >= 0.6 is 0 Å². The third-order valence-electron chi connectivity index (χ3n) is 2.73. The molecule has 0 fully saturated rings. The minimum absolute atomic E-state index is 0.0297. The first-order valence-corrected chi connectivity index (χ1v) is 7.10. The van der Waals surface area contributed by atoms with Crippen molar-refractivity contribution in [2.24, 2.45) is 5.92 Å². The maximum Gasteiger partial charge on any atom is 0.308 e. The standard InChI is InChI=1S/C15H24O6/c1-4-9-19-13(16)7-6-8-14(17)20-10-11-21-15(18)12(3)5-2/h4,12H,1,5-11H2,2-3H3. The molecule has 1 unspecified atom stereocenters. The Bertz CT molecular complexity index is 350. The van der Waals surface area contributed by atoms with Crippen LogP contribution in [0.4, 0.5) is 0 Å². The van der Waals surface area contributed by atoms with E-state index in [2.05, 4.69) is 6.58 Å². The van der Waals surface area contributed by atoms with Gasteiger partial charge in [0.15, 0.2) is 0 Å². The molecule has 0 heterocycles. The van der Waals surface area contributed by atoms with E-state index in [1.165, 1.54) is 6.08 Å². The minimum atomic E-state index is -0.425. The molecule has 0 amide bonds. The third kappa shape index (κ3) is 10.6. The number of esters is 3. The Balaban J connectivity index is 3.57. The summed E-state index contributed by atoms with van der Waals surface area (Å²) in [4.78, 5) is 33.8. The Morgan fingerprint density at radius 2 is 1.62 bits per heavy atom. The molecular formula is C15H24O6. The van der Waals surface area contributed by atoms with Gasteiger partial charge in [0.2, 0.25) is 0 Å². The van der Waals surface area contributed by atoms with Crippen LogP contribution in [0.1, 0.15) is 39.5 Å². The predicted molar refractivity (Wildman–Crippen MR) is 76.4 cm³/mol. The Morgan fingerprint density at radius 1 is 1.05 bits per heavy atom. The number of carbonyl (C=O) groups is 3. The molecule has 0 spiro atoms. The number of hydrogen-bond donors (Lipinski definition) is 0. The zero-order valence-electron chi connectivity index (χ0n) is 12.8. The summed E-state index contributed by atoms with van der Waals surface area (Å²) in [5.74, 6) is -1.24. The van der Waals surface area contributed by atoms with Crippen LogP contribution < -0.4 is 0 Å². The molecule has 0 bridgehead atoms. The van der Waals surface area contributed by atoms with Crippen molar-refractivity contribution < 1.29 is 28.6 Å². The van der Waals surface area contributed by atoms with E-state index in [9.17, 15) is 14.4 Å². The van der Waals surface area contributed by atoms with Crippen LogP contribution in [0.3, 0.4) is 0 Å². The van der Waals surface area contributed by atoms with Crippen molar-refractivity contribution in [2.75, 3.05) is 19.8 Å². The smallest absolute Gasteiger partial charge is 0.308 e. The lowest BCUT2D eigenvalue weighted by Gasteiger charge is -2.09. The van der Waals surface area contributed by atoms with Gasteiger partial charge in [0.1, 0.15) is 19.8 Å². The van der Waals surface area contributed by atoms with Gasteiger partial charge in [-0.2, -0.15) is 0 Å². The number of hydrogen-bond acceptors (Lipinski definition) is 6. The highest BCUT2D eigenvalue weighted by Crippen LogP contribution is 2.03. The Morgan fingerprint density at radius 3 is 2.19 bits per heavy atom. The summed E-state index contributed by atoms with van der Waals surface area (Å²) in [6.45, 7) is 7.35. The van der Waals surface area contributed by atoms with Gasteiger partial charge in [-0.15, -0.1) is 0 Å². The van der Waals surface area contributed by atoms with Crippen molar-refractivity contribution >= 4 is 17.9 Å². The summed E-state index contributed by atoms with van der Waals surface area (Å²) in [6, 6.07) is 0. The summed E-state index contributed by atoms with van der Waals surface area (Å²) >= 11 is 0. The molecular weight excluding hydrogens is 276 g/mol. The molecule has 0 aliphatic rings. The van der Waals surface area contributed by atoms with E-state index in [0.717, 1.165) is 0 Å². The van der Waals surface area contributed by atoms with Crippen LogP contribution in [-0.4, -0.2) is 37.7 Å². The van der Waals surface area contributed by atoms with Crippen molar-refractivity contribution in [1.29, 1.82) is 0 Å². The van der Waals surface area contributed by atoms with Crippen LogP contribution in [0.5, 0.6) is 0 Å². The molecule has 1 atom stereocenters. The molecule has 21 heavy (non-hydrogen) atoms. The molecule has 0 rings (SSSR count). The van der Waals surface area contributed by atoms with Gasteiger partial charge < -0.3 is 14.2 Å². The van der Waals surface area contributed by atoms with Gasteiger partial charge in [0.25, 0.3) is 0 Å². The molecule has 0 aromatic heterocycles. The molecule has 0 aromatic carbocycles. The second-order valence-corrected chi connectivity index (χ2v) is 4.52. The van der Waals surface area contributed by atoms with Gasteiger partial charge >= 0.3 is 17.9 Å². The van der Waals surface area contributed by atoms with Crippen LogP contribution in [0, 0.1) is 5.92 Å². The molecule has 0 radical (unpaired) electrons. The molecule has 0 saturated heterocycles. The van der Waals surface area contributed by atoms with Gasteiger partial charge in [0, 0.05) is 12.8 Å². The number of rotatable bonds is 11. The van der Waals surface area contributed by atoms with Gasteiger partial charge in [-0.1, -0.05) is 26.5 Å². The first-order chi connectivity index (χ1) is 10.0. The lowest BCUT2D eigenvalue weighted by Crippen LogP contribution is -2.18. The van der Waals surface area contributed by atoms with Gasteiger partial charge in [0.05, 0.1) is 5.92 Å². The summed E-state index contributed by atoms with van der Waals surface area (Å²) in [7, 11) is 0. The van der Waals surface area contributed by atoms with Crippen LogP contribution in [-0.2, 0) is 28.6 Å². The highest BCUT2D eigenvalue weighted by Gasteiger charge is 2.12. The maximum atomic E-state index is 11.3. The fourth-order valence-corrected chi connectivity index (χ4v) is 1.28. The summed E-state index contributed by atoms with van der Waals surface area (Å²) in [5, 5.41) is 0. The molecule has 6 nitrogen and oxygen atoms in total. The maximum absolute atomic E-state index is 11.3. The number of carbonyl (C=O) groups excluding carboxylic acids is 3. The second-order valence-electron chi connectivity index (χ2n) is 4.52. The van der Waals surface area contributed by atoms with E-state index >= 15 is 0 Å². The SMILES string of the molecule is C=CCOC(=O)CCCC(=O)OCCOC(=O)C(C)CC. The van der Waals surface area contributed by atoms with Gasteiger partial charge in [-0.25, -0.2) is 0 Å². The first kappa shape index (κ1) is 19.1. The van der Waals surface area contributed by atoms with E-state index in [1.54, 1.807) is 6.92 Å². The predicted octanol–water partition coefficient (Wildman–Crippen LogP) is 2.02. The monoisotopic (exact) mass is 300 g/mol. The Labute approximate surface area is 125 Å². The molecule has 0 N–H and O–H groups in total. The molecule has 6 heteroatoms. The molecule has 0 aliphatic carbocycles. The average molecular weight is 300 g/mol. The zero-order chi connectivity index (χ0) is 16.1. The summed E-state index contributed by atoms with van der Waals surface area (Å²) in [6.07, 6.45) is 2.84. The highest BCUT2D eigenvalue weighted by atomic mass is 16.6. The van der Waals surface area contributed by atoms with Crippen LogP contribution in [0.15, 0.2) is 12.7 Å². The molecule has 0 saturated carbocycles. The van der Waals surface area contributed by atoms with Crippen molar-refractivity contribution in [2.45, 2.75) is 39.5 Å². The lowest BCUT2D eigenvalue weighted by molar-refractivity contribution is -0.155. The second kappa shape index (κ2) is 11.9. The Kier molecular flexibility index (Phi) is 10.9. The van der Waals surface area contributed by atoms with Gasteiger partial charge in [-0.3, -0.25) is 14.4 Å². The average Bonchev–Trinajstić information content (AvgIpc) is 2.48. The van der Waals surface area contributed by atoms with E-state index in [0.29, 0.717) is 12.8 Å². The largest absolute Gasteiger partial charge is 0.462 e. The summed E-state index contributed by atoms with van der Waals surface area (Å²) < 4.78 is 14.6. The Hall–Kier alpha value is -1.85. The lowest BCUT2D eigenvalue weighted by atomic mass is 10.1. The van der Waals surface area contributed by atoms with Crippen LogP contribution in [0.25, 0.3) is 0 Å². The minimum Gasteiger partial charge on any atom is -0.462 e. The van der Waals surface area contributed by atoms with Crippen molar-refractivity contribution in [3.8, 4) is 0 Å². The van der Waals surface area contributed by atoms with Crippen molar-refractivity contribution in [3.05, 3.63) is 12.7 Å². The first-order valence-electron chi connectivity index (χ1n) is 7.10. The van der Waals surface area contributed by atoms with E-state index in [4.69, 9.17) is 14.2 Å². The highest BCUT2D eigenvalue weighted by molar-refractivity contribution is 5.73. The third-order valence-corrected chi connectivity index (χ3v) is 2.73. The van der Waals surface area contributed by atoms with E-state index < -0.39 is 5.97 Å².